The van der Waals surface area contributed by atoms with E-state index in [0.717, 1.165) is 6.04 Å². The molecule has 1 aliphatic rings. The van der Waals surface area contributed by atoms with Crippen molar-refractivity contribution in [3.8, 4) is 0 Å². The average Bonchev–Trinajstić information content (AvgIpc) is 2.29. The lowest BCUT2D eigenvalue weighted by Gasteiger charge is -2.31. The summed E-state index contributed by atoms with van der Waals surface area (Å²) in [4.78, 5) is 22.5. The third kappa shape index (κ3) is 5.92. The first-order valence-corrected chi connectivity index (χ1v) is 10.7. The van der Waals surface area contributed by atoms with Crippen LogP contribution in [-0.4, -0.2) is 49.1 Å². The molecule has 1 rings (SSSR count). The van der Waals surface area contributed by atoms with Gasteiger partial charge in [-0.3, -0.25) is 4.79 Å². The zero-order chi connectivity index (χ0) is 15.3. The van der Waals surface area contributed by atoms with E-state index < -0.39 is 38.2 Å². The Kier molecular flexibility index (Phi) is 6.00. The minimum atomic E-state index is -1.23. The van der Waals surface area contributed by atoms with Gasteiger partial charge in [0.05, 0.1) is 24.7 Å². The van der Waals surface area contributed by atoms with Crippen LogP contribution in [0.2, 0.25) is 25.7 Å². The van der Waals surface area contributed by atoms with Gasteiger partial charge in [-0.1, -0.05) is 19.6 Å². The van der Waals surface area contributed by atoms with Gasteiger partial charge in [0.1, 0.15) is 0 Å². The summed E-state index contributed by atoms with van der Waals surface area (Å²) in [5.41, 5.74) is 0. The van der Waals surface area contributed by atoms with Gasteiger partial charge in [-0.15, -0.1) is 0 Å². The lowest BCUT2D eigenvalue weighted by atomic mass is 9.84. The maximum Gasteiger partial charge on any atom is 0.407 e. The van der Waals surface area contributed by atoms with Gasteiger partial charge >= 0.3 is 12.1 Å². The summed E-state index contributed by atoms with van der Waals surface area (Å²) in [5.74, 6) is -1.41. The van der Waals surface area contributed by atoms with E-state index in [0.29, 0.717) is 19.4 Å². The third-order valence-electron chi connectivity index (χ3n) is 3.55. The molecule has 1 fully saturated rings. The van der Waals surface area contributed by atoms with Gasteiger partial charge in [-0.25, -0.2) is 4.79 Å². The second kappa shape index (κ2) is 7.08. The lowest BCUT2D eigenvalue weighted by Crippen LogP contribution is -2.48. The number of hydrogen-bond donors (Lipinski definition) is 3. The number of carbonyl (C=O) groups is 2. The Hall–Kier alpha value is -1.08. The van der Waals surface area contributed by atoms with E-state index in [1.54, 1.807) is 0 Å². The van der Waals surface area contributed by atoms with Gasteiger partial charge in [-0.2, -0.15) is 0 Å². The maximum atomic E-state index is 11.6. The molecule has 6 nitrogen and oxygen atoms in total. The molecule has 3 N–H and O–H groups in total. The quantitative estimate of drug-likeness (QED) is 0.671. The summed E-state index contributed by atoms with van der Waals surface area (Å²) >= 11 is 0. The van der Waals surface area contributed by atoms with Crippen LogP contribution in [0.3, 0.4) is 0 Å². The molecule has 20 heavy (non-hydrogen) atoms. The number of carboxylic acids is 1. The lowest BCUT2D eigenvalue weighted by molar-refractivity contribution is -0.144. The molecule has 0 spiro atoms. The van der Waals surface area contributed by atoms with Crippen molar-refractivity contribution in [3.05, 3.63) is 0 Å². The summed E-state index contributed by atoms with van der Waals surface area (Å²) in [6.07, 6.45) is -0.252. The van der Waals surface area contributed by atoms with E-state index in [9.17, 15) is 14.7 Å². The Balaban J connectivity index is 2.31. The van der Waals surface area contributed by atoms with Crippen molar-refractivity contribution in [2.24, 2.45) is 5.92 Å². The summed E-state index contributed by atoms with van der Waals surface area (Å²) in [6.45, 7) is 6.99. The largest absolute Gasteiger partial charge is 0.481 e. The topological polar surface area (TPSA) is 95.9 Å². The van der Waals surface area contributed by atoms with Gasteiger partial charge in [0.15, 0.2) is 0 Å². The first-order chi connectivity index (χ1) is 9.19. The number of carbonyl (C=O) groups excluding carboxylic acids is 1. The molecule has 0 radical (unpaired) electrons. The van der Waals surface area contributed by atoms with E-state index in [2.05, 4.69) is 25.0 Å². The number of nitrogens with one attached hydrogen (secondary N) is 1. The fourth-order valence-corrected chi connectivity index (χ4v) is 2.90. The minimum absolute atomic E-state index is 0.176. The highest BCUT2D eigenvalue weighted by Gasteiger charge is 2.33. The van der Waals surface area contributed by atoms with Gasteiger partial charge in [0.25, 0.3) is 0 Å². The van der Waals surface area contributed by atoms with Crippen LogP contribution in [0.25, 0.3) is 0 Å². The first kappa shape index (κ1) is 17.0. The Morgan fingerprint density at radius 3 is 2.45 bits per heavy atom. The van der Waals surface area contributed by atoms with E-state index in [1.807, 2.05) is 0 Å². The molecular weight excluding hydrogens is 278 g/mol. The van der Waals surface area contributed by atoms with E-state index in [1.165, 1.54) is 0 Å². The third-order valence-corrected chi connectivity index (χ3v) is 5.26. The standard InChI is InChI=1S/C13H25NO5Si/c1-20(2,3)7-6-19-13(18)14-10-5-4-9(12(16)17)8-11(10)15/h9-11,15H,4-8H2,1-3H3,(H,14,18)(H,16,17)/t9?,10-,11+/m0/s1. The predicted octanol–water partition coefficient (Wildman–Crippen LogP) is 1.66. The second-order valence-electron chi connectivity index (χ2n) is 6.61. The van der Waals surface area contributed by atoms with Crippen LogP contribution in [0.4, 0.5) is 4.79 Å². The van der Waals surface area contributed by atoms with E-state index in [-0.39, 0.29) is 6.42 Å². The number of aliphatic hydroxyl groups excluding tert-OH is 1. The fourth-order valence-electron chi connectivity index (χ4n) is 2.18. The first-order valence-electron chi connectivity index (χ1n) is 7.03. The minimum Gasteiger partial charge on any atom is -0.481 e. The summed E-state index contributed by atoms with van der Waals surface area (Å²) in [7, 11) is -1.23. The highest BCUT2D eigenvalue weighted by molar-refractivity contribution is 6.76. The monoisotopic (exact) mass is 303 g/mol. The van der Waals surface area contributed by atoms with E-state index >= 15 is 0 Å². The summed E-state index contributed by atoms with van der Waals surface area (Å²) in [6, 6.07) is 0.485. The maximum absolute atomic E-state index is 11.6. The van der Waals surface area contributed by atoms with Crippen LogP contribution in [0.1, 0.15) is 19.3 Å². The molecule has 0 aromatic carbocycles. The number of ether oxygens (including phenoxy) is 1. The number of aliphatic hydroxyl groups is 1. The van der Waals surface area contributed by atoms with Gasteiger partial charge < -0.3 is 20.3 Å². The van der Waals surface area contributed by atoms with Crippen molar-refractivity contribution in [1.29, 1.82) is 0 Å². The Labute approximate surface area is 120 Å². The van der Waals surface area contributed by atoms with Gasteiger partial charge in [0, 0.05) is 8.07 Å². The number of aliphatic carboxylic acids is 1. The second-order valence-corrected chi connectivity index (χ2v) is 12.2. The summed E-state index contributed by atoms with van der Waals surface area (Å²) < 4.78 is 5.10. The Bertz CT molecular complexity index is 355. The number of rotatable bonds is 5. The predicted molar refractivity (Wildman–Crippen MR) is 77.4 cm³/mol. The van der Waals surface area contributed by atoms with Crippen molar-refractivity contribution in [2.75, 3.05) is 6.61 Å². The fraction of sp³-hybridized carbons (Fsp3) is 0.846. The van der Waals surface area contributed by atoms with Crippen LogP contribution in [-0.2, 0) is 9.53 Å². The molecule has 7 heteroatoms. The smallest absolute Gasteiger partial charge is 0.407 e. The van der Waals surface area contributed by atoms with Crippen LogP contribution < -0.4 is 5.32 Å². The summed E-state index contributed by atoms with van der Waals surface area (Å²) in [5, 5.41) is 21.4. The molecule has 1 amide bonds. The Morgan fingerprint density at radius 1 is 1.30 bits per heavy atom. The molecule has 1 aliphatic carbocycles. The van der Waals surface area contributed by atoms with Crippen molar-refractivity contribution < 1.29 is 24.5 Å². The molecule has 1 unspecified atom stereocenters. The van der Waals surface area contributed by atoms with Gasteiger partial charge in [0.2, 0.25) is 0 Å². The van der Waals surface area contributed by atoms with Crippen molar-refractivity contribution >= 4 is 20.1 Å². The molecule has 0 aromatic rings. The SMILES string of the molecule is C[Si](C)(C)CCOC(=O)N[C@H]1CCC(C(=O)O)C[C@H]1O. The van der Waals surface area contributed by atoms with Crippen molar-refractivity contribution in [1.82, 2.24) is 5.32 Å². The van der Waals surface area contributed by atoms with Gasteiger partial charge in [-0.05, 0) is 25.3 Å². The van der Waals surface area contributed by atoms with Crippen LogP contribution in [0.15, 0.2) is 0 Å². The highest BCUT2D eigenvalue weighted by Crippen LogP contribution is 2.25. The average molecular weight is 303 g/mol. The molecule has 1 saturated carbocycles. The van der Waals surface area contributed by atoms with Crippen LogP contribution in [0.5, 0.6) is 0 Å². The number of hydrogen-bond acceptors (Lipinski definition) is 4. The zero-order valence-corrected chi connectivity index (χ0v) is 13.4. The molecule has 0 aliphatic heterocycles. The molecular formula is C13H25NO5Si. The van der Waals surface area contributed by atoms with Crippen molar-refractivity contribution in [2.45, 2.75) is 57.1 Å². The Morgan fingerprint density at radius 2 is 1.95 bits per heavy atom. The molecule has 3 atom stereocenters. The zero-order valence-electron chi connectivity index (χ0n) is 12.4. The van der Waals surface area contributed by atoms with Crippen LogP contribution >= 0.6 is 0 Å². The molecule has 0 heterocycles. The van der Waals surface area contributed by atoms with E-state index in [4.69, 9.17) is 9.84 Å². The molecule has 0 aromatic heterocycles. The van der Waals surface area contributed by atoms with Crippen molar-refractivity contribution in [3.63, 3.8) is 0 Å². The normalized spacial score (nSPS) is 26.9. The molecule has 116 valence electrons. The number of alkyl carbamates (subject to hydrolysis) is 1. The van der Waals surface area contributed by atoms with Crippen LogP contribution in [0, 0.1) is 5.92 Å². The number of carboxylic acid groups (broad SMARTS) is 1. The number of amides is 1. The molecule has 0 bridgehead atoms. The molecule has 0 saturated heterocycles. The highest BCUT2D eigenvalue weighted by atomic mass is 28.3.